The molecule has 5 N–H and O–H groups in total. The second kappa shape index (κ2) is 7.21. The van der Waals surface area contributed by atoms with Gasteiger partial charge in [0.1, 0.15) is 6.10 Å². The molecular formula is C11H18N3O5P. The SMILES string of the molecule is OC1CC(CCP(O)O)OC(Nc2ncccn2)C1O. The van der Waals surface area contributed by atoms with Crippen molar-refractivity contribution in [2.45, 2.75) is 37.4 Å². The Morgan fingerprint density at radius 1 is 1.30 bits per heavy atom. The van der Waals surface area contributed by atoms with Crippen LogP contribution in [0.2, 0.25) is 0 Å². The summed E-state index contributed by atoms with van der Waals surface area (Å²) in [6, 6.07) is 1.66. The highest BCUT2D eigenvalue weighted by molar-refractivity contribution is 7.45. The molecule has 20 heavy (non-hydrogen) atoms. The molecule has 0 spiro atoms. The first-order valence-corrected chi connectivity index (χ1v) is 7.70. The summed E-state index contributed by atoms with van der Waals surface area (Å²) in [5.41, 5.74) is 0. The number of rotatable bonds is 5. The number of aliphatic hydroxyl groups is 2. The third-order valence-corrected chi connectivity index (χ3v) is 3.69. The number of hydrogen-bond acceptors (Lipinski definition) is 8. The fraction of sp³-hybridized carbons (Fsp3) is 0.636. The van der Waals surface area contributed by atoms with Crippen molar-refractivity contribution in [2.75, 3.05) is 11.5 Å². The summed E-state index contributed by atoms with van der Waals surface area (Å²) in [4.78, 5) is 25.8. The van der Waals surface area contributed by atoms with Crippen LogP contribution in [0.4, 0.5) is 5.95 Å². The van der Waals surface area contributed by atoms with Gasteiger partial charge < -0.3 is 30.1 Å². The van der Waals surface area contributed by atoms with Gasteiger partial charge in [-0.1, -0.05) is 0 Å². The van der Waals surface area contributed by atoms with Gasteiger partial charge in [-0.2, -0.15) is 0 Å². The van der Waals surface area contributed by atoms with Crippen molar-refractivity contribution in [1.29, 1.82) is 0 Å². The minimum Gasteiger partial charge on any atom is -0.390 e. The zero-order chi connectivity index (χ0) is 14.5. The predicted molar refractivity (Wildman–Crippen MR) is 71.8 cm³/mol. The third-order valence-electron chi connectivity index (χ3n) is 3.04. The molecular weight excluding hydrogens is 285 g/mol. The number of aliphatic hydroxyl groups excluding tert-OH is 2. The molecule has 9 heteroatoms. The van der Waals surface area contributed by atoms with Crippen LogP contribution in [0.3, 0.4) is 0 Å². The molecule has 2 rings (SSSR count). The van der Waals surface area contributed by atoms with E-state index in [1.807, 2.05) is 0 Å². The Morgan fingerprint density at radius 2 is 2.00 bits per heavy atom. The Bertz CT molecular complexity index is 410. The molecule has 0 amide bonds. The zero-order valence-electron chi connectivity index (χ0n) is 10.7. The van der Waals surface area contributed by atoms with Crippen LogP contribution >= 0.6 is 8.38 Å². The highest BCUT2D eigenvalue weighted by Gasteiger charge is 2.37. The van der Waals surface area contributed by atoms with Crippen LogP contribution in [-0.4, -0.2) is 60.7 Å². The van der Waals surface area contributed by atoms with Gasteiger partial charge in [0.05, 0.1) is 12.2 Å². The number of ether oxygens (including phenoxy) is 1. The summed E-state index contributed by atoms with van der Waals surface area (Å²) in [5.74, 6) is 0.288. The molecule has 4 atom stereocenters. The van der Waals surface area contributed by atoms with Crippen LogP contribution in [0.1, 0.15) is 12.8 Å². The molecule has 0 radical (unpaired) electrons. The Hall–Kier alpha value is -0.890. The summed E-state index contributed by atoms with van der Waals surface area (Å²) in [5, 5.41) is 22.5. The zero-order valence-corrected chi connectivity index (χ0v) is 11.6. The number of hydrogen-bond donors (Lipinski definition) is 5. The van der Waals surface area contributed by atoms with E-state index in [2.05, 4.69) is 15.3 Å². The first-order valence-electron chi connectivity index (χ1n) is 6.26. The molecule has 0 saturated carbocycles. The molecule has 4 unspecified atom stereocenters. The third kappa shape index (κ3) is 4.31. The Balaban J connectivity index is 1.95. The van der Waals surface area contributed by atoms with Gasteiger partial charge in [-0.25, -0.2) is 9.97 Å². The second-order valence-corrected chi connectivity index (χ2v) is 5.77. The van der Waals surface area contributed by atoms with E-state index < -0.39 is 26.8 Å². The van der Waals surface area contributed by atoms with Crippen LogP contribution in [0, 0.1) is 0 Å². The van der Waals surface area contributed by atoms with Crippen molar-refractivity contribution < 1.29 is 24.7 Å². The van der Waals surface area contributed by atoms with Gasteiger partial charge in [0.25, 0.3) is 0 Å². The van der Waals surface area contributed by atoms with E-state index in [-0.39, 0.29) is 24.6 Å². The lowest BCUT2D eigenvalue weighted by molar-refractivity contribution is -0.158. The number of nitrogens with one attached hydrogen (secondary N) is 1. The average Bonchev–Trinajstić information content (AvgIpc) is 2.43. The van der Waals surface area contributed by atoms with E-state index in [0.717, 1.165) is 0 Å². The van der Waals surface area contributed by atoms with Gasteiger partial charge in [0, 0.05) is 25.0 Å². The molecule has 0 bridgehead atoms. The highest BCUT2D eigenvalue weighted by Crippen LogP contribution is 2.29. The predicted octanol–water partition coefficient (Wildman–Crippen LogP) is -0.588. The Morgan fingerprint density at radius 3 is 2.65 bits per heavy atom. The fourth-order valence-electron chi connectivity index (χ4n) is 2.02. The lowest BCUT2D eigenvalue weighted by atomic mass is 10.00. The van der Waals surface area contributed by atoms with Crippen molar-refractivity contribution in [3.63, 3.8) is 0 Å². The summed E-state index contributed by atoms with van der Waals surface area (Å²) in [6.07, 6.45) is 0.699. The van der Waals surface area contributed by atoms with Gasteiger partial charge in [0.15, 0.2) is 14.6 Å². The van der Waals surface area contributed by atoms with E-state index in [4.69, 9.17) is 14.5 Å². The topological polar surface area (TPSA) is 128 Å². The van der Waals surface area contributed by atoms with Crippen LogP contribution in [0.15, 0.2) is 18.5 Å². The lowest BCUT2D eigenvalue weighted by Crippen LogP contribution is -2.52. The van der Waals surface area contributed by atoms with Gasteiger partial charge in [0.2, 0.25) is 5.95 Å². The lowest BCUT2D eigenvalue weighted by Gasteiger charge is -2.37. The summed E-state index contributed by atoms with van der Waals surface area (Å²) in [7, 11) is -1.98. The molecule has 0 aliphatic carbocycles. The smallest absolute Gasteiger partial charge is 0.224 e. The normalized spacial score (nSPS) is 30.4. The highest BCUT2D eigenvalue weighted by atomic mass is 31.2. The molecule has 1 aromatic heterocycles. The molecule has 1 aromatic rings. The Kier molecular flexibility index (Phi) is 5.59. The van der Waals surface area contributed by atoms with Crippen LogP contribution in [0.25, 0.3) is 0 Å². The van der Waals surface area contributed by atoms with E-state index >= 15 is 0 Å². The summed E-state index contributed by atoms with van der Waals surface area (Å²) in [6.45, 7) is 0. The molecule has 0 aromatic carbocycles. The van der Waals surface area contributed by atoms with Crippen molar-refractivity contribution in [1.82, 2.24) is 9.97 Å². The van der Waals surface area contributed by atoms with Gasteiger partial charge in [-0.15, -0.1) is 0 Å². The van der Waals surface area contributed by atoms with Gasteiger partial charge in [-0.3, -0.25) is 0 Å². The maximum absolute atomic E-state index is 9.91. The van der Waals surface area contributed by atoms with Crippen LogP contribution < -0.4 is 5.32 Å². The standard InChI is InChI=1S/C11H18N3O5P/c15-8-6-7(2-5-20(17)18)19-10(9(8)16)14-11-12-3-1-4-13-11/h1,3-4,7-10,15-18H,2,5-6H2,(H,12,13,14). The van der Waals surface area contributed by atoms with Gasteiger partial charge in [-0.05, 0) is 12.5 Å². The molecule has 2 heterocycles. The maximum atomic E-state index is 9.91. The number of anilines is 1. The largest absolute Gasteiger partial charge is 0.390 e. The first-order chi connectivity index (χ1) is 9.56. The molecule has 1 fully saturated rings. The summed E-state index contributed by atoms with van der Waals surface area (Å²) < 4.78 is 5.61. The Labute approximate surface area is 117 Å². The first kappa shape index (κ1) is 15.5. The van der Waals surface area contributed by atoms with E-state index in [9.17, 15) is 10.2 Å². The average molecular weight is 303 g/mol. The molecule has 8 nitrogen and oxygen atoms in total. The monoisotopic (exact) mass is 303 g/mol. The maximum Gasteiger partial charge on any atom is 0.224 e. The van der Waals surface area contributed by atoms with Crippen molar-refractivity contribution in [3.8, 4) is 0 Å². The van der Waals surface area contributed by atoms with Crippen molar-refractivity contribution in [3.05, 3.63) is 18.5 Å². The van der Waals surface area contributed by atoms with E-state index in [0.29, 0.717) is 6.42 Å². The number of nitrogens with zero attached hydrogens (tertiary/aromatic N) is 2. The van der Waals surface area contributed by atoms with E-state index in [1.54, 1.807) is 18.5 Å². The van der Waals surface area contributed by atoms with Gasteiger partial charge >= 0.3 is 0 Å². The van der Waals surface area contributed by atoms with Crippen LogP contribution in [-0.2, 0) is 4.74 Å². The summed E-state index contributed by atoms with van der Waals surface area (Å²) >= 11 is 0. The molecule has 1 aliphatic rings. The van der Waals surface area contributed by atoms with E-state index in [1.165, 1.54) is 0 Å². The molecule has 1 aliphatic heterocycles. The van der Waals surface area contributed by atoms with Crippen LogP contribution in [0.5, 0.6) is 0 Å². The minimum atomic E-state index is -1.98. The quantitative estimate of drug-likeness (QED) is 0.457. The second-order valence-electron chi connectivity index (χ2n) is 4.57. The van der Waals surface area contributed by atoms with Crippen molar-refractivity contribution in [2.24, 2.45) is 0 Å². The molecule has 1 saturated heterocycles. The molecule has 112 valence electrons. The number of aromatic nitrogens is 2. The van der Waals surface area contributed by atoms with Crippen molar-refractivity contribution >= 4 is 14.3 Å². The fourth-order valence-corrected chi connectivity index (χ4v) is 2.54. The minimum absolute atomic E-state index is 0.206.